The van der Waals surface area contributed by atoms with Crippen molar-refractivity contribution in [2.45, 2.75) is 20.3 Å². The third-order valence-electron chi connectivity index (χ3n) is 1.26. The lowest BCUT2D eigenvalue weighted by Gasteiger charge is -1.99. The van der Waals surface area contributed by atoms with Crippen molar-refractivity contribution in [2.75, 3.05) is 0 Å². The van der Waals surface area contributed by atoms with Crippen LogP contribution in [-0.4, -0.2) is 25.3 Å². The van der Waals surface area contributed by atoms with Crippen LogP contribution in [-0.2, 0) is 6.42 Å². The van der Waals surface area contributed by atoms with Gasteiger partial charge in [0.1, 0.15) is 5.21 Å². The maximum absolute atomic E-state index is 10.3. The highest BCUT2D eigenvalue weighted by Gasteiger charge is 2.15. The Labute approximate surface area is 68.5 Å². The Kier molecular flexibility index (Phi) is 2.32. The van der Waals surface area contributed by atoms with Gasteiger partial charge in [-0.25, -0.2) is 0 Å². The summed E-state index contributed by atoms with van der Waals surface area (Å²) in [7, 11) is 0. The lowest BCUT2D eigenvalue weighted by Crippen LogP contribution is -2.15. The number of hydrogen-bond acceptors (Lipinski definition) is 5. The van der Waals surface area contributed by atoms with Crippen LogP contribution < -0.4 is 0 Å². The van der Waals surface area contributed by atoms with Gasteiger partial charge in [-0.15, -0.1) is 0 Å². The van der Waals surface area contributed by atoms with Crippen molar-refractivity contribution in [3.8, 4) is 0 Å². The molecule has 0 radical (unpaired) electrons. The predicted octanol–water partition coefficient (Wildman–Crippen LogP) is -0.0886. The van der Waals surface area contributed by atoms with Crippen LogP contribution in [0.25, 0.3) is 0 Å². The zero-order valence-electron chi connectivity index (χ0n) is 6.84. The first-order valence-corrected chi connectivity index (χ1v) is 3.53. The van der Waals surface area contributed by atoms with Gasteiger partial charge in [-0.05, 0) is 5.92 Å². The second-order valence-corrected chi connectivity index (χ2v) is 2.82. The van der Waals surface area contributed by atoms with Crippen molar-refractivity contribution in [1.29, 1.82) is 0 Å². The van der Waals surface area contributed by atoms with Crippen LogP contribution in [0.1, 0.15) is 19.7 Å². The van der Waals surface area contributed by atoms with Crippen LogP contribution in [0.4, 0.5) is 0 Å². The van der Waals surface area contributed by atoms with Crippen molar-refractivity contribution < 1.29 is 5.03 Å². The summed E-state index contributed by atoms with van der Waals surface area (Å²) in [6, 6.07) is 0. The molecule has 0 aliphatic rings. The first-order chi connectivity index (χ1) is 5.61. The first kappa shape index (κ1) is 8.57. The third kappa shape index (κ3) is 1.74. The largest absolute Gasteiger partial charge is 0.339 e. The summed E-state index contributed by atoms with van der Waals surface area (Å²) in [6.45, 7) is 3.89. The van der Waals surface area contributed by atoms with E-state index >= 15 is 0 Å². The SMILES string of the molecule is CC(C)Cc1nnnn1[N+](=O)[O-]. The van der Waals surface area contributed by atoms with Gasteiger partial charge in [-0.2, -0.15) is 0 Å². The summed E-state index contributed by atoms with van der Waals surface area (Å²) in [6.07, 6.45) is 0.508. The summed E-state index contributed by atoms with van der Waals surface area (Å²) in [4.78, 5) is 10.9. The monoisotopic (exact) mass is 171 g/mol. The molecule has 0 bridgehead atoms. The molecule has 0 saturated heterocycles. The van der Waals surface area contributed by atoms with E-state index in [4.69, 9.17) is 0 Å². The molecule has 0 aromatic carbocycles. The predicted molar refractivity (Wildman–Crippen MR) is 38.8 cm³/mol. The fourth-order valence-electron chi connectivity index (χ4n) is 0.816. The van der Waals surface area contributed by atoms with Gasteiger partial charge in [0.15, 0.2) is 0 Å². The smallest absolute Gasteiger partial charge is 0.226 e. The average molecular weight is 171 g/mol. The molecule has 1 rings (SSSR count). The molecule has 12 heavy (non-hydrogen) atoms. The van der Waals surface area contributed by atoms with Crippen LogP contribution >= 0.6 is 0 Å². The van der Waals surface area contributed by atoms with E-state index in [9.17, 15) is 10.1 Å². The van der Waals surface area contributed by atoms with Gasteiger partial charge < -0.3 is 10.1 Å². The van der Waals surface area contributed by atoms with Crippen LogP contribution in [0.3, 0.4) is 0 Å². The number of rotatable bonds is 3. The molecule has 0 aliphatic carbocycles. The van der Waals surface area contributed by atoms with Gasteiger partial charge in [0.2, 0.25) is 11.0 Å². The van der Waals surface area contributed by atoms with Crippen LogP contribution in [0, 0.1) is 16.0 Å². The molecule has 66 valence electrons. The van der Waals surface area contributed by atoms with Gasteiger partial charge in [0, 0.05) is 6.42 Å². The second kappa shape index (κ2) is 3.24. The van der Waals surface area contributed by atoms with Crippen molar-refractivity contribution in [3.05, 3.63) is 15.9 Å². The quantitative estimate of drug-likeness (QED) is 0.468. The van der Waals surface area contributed by atoms with Crippen LogP contribution in [0.5, 0.6) is 0 Å². The highest BCUT2D eigenvalue weighted by Crippen LogP contribution is 2.02. The van der Waals surface area contributed by atoms with E-state index in [2.05, 4.69) is 15.5 Å². The van der Waals surface area contributed by atoms with Crippen molar-refractivity contribution in [2.24, 2.45) is 5.92 Å². The Morgan fingerprint density at radius 2 is 2.33 bits per heavy atom. The van der Waals surface area contributed by atoms with E-state index in [-0.39, 0.29) is 5.82 Å². The standard InChI is InChI=1S/C5H9N5O2/c1-4(2)3-5-6-7-8-9(5)10(11)12/h4H,3H2,1-2H3. The first-order valence-electron chi connectivity index (χ1n) is 3.53. The van der Waals surface area contributed by atoms with Crippen molar-refractivity contribution in [3.63, 3.8) is 0 Å². The van der Waals surface area contributed by atoms with Gasteiger partial charge in [-0.1, -0.05) is 18.9 Å². The van der Waals surface area contributed by atoms with Gasteiger partial charge in [0.25, 0.3) is 0 Å². The maximum Gasteiger partial charge on any atom is 0.226 e. The van der Waals surface area contributed by atoms with Gasteiger partial charge in [0.05, 0.1) is 9.82 Å². The Morgan fingerprint density at radius 1 is 1.67 bits per heavy atom. The highest BCUT2D eigenvalue weighted by molar-refractivity contribution is 4.78. The number of nitrogens with zero attached hydrogens (tertiary/aromatic N) is 5. The minimum atomic E-state index is -0.641. The maximum atomic E-state index is 10.3. The molecule has 0 fully saturated rings. The van der Waals surface area contributed by atoms with E-state index in [1.165, 1.54) is 0 Å². The molecule has 7 nitrogen and oxygen atoms in total. The van der Waals surface area contributed by atoms with Crippen LogP contribution in [0.2, 0.25) is 0 Å². The molecule has 0 unspecified atom stereocenters. The molecular formula is C5H9N5O2. The third-order valence-corrected chi connectivity index (χ3v) is 1.26. The fourth-order valence-corrected chi connectivity index (χ4v) is 0.816. The van der Waals surface area contributed by atoms with E-state index in [1.807, 2.05) is 13.8 Å². The molecule has 0 spiro atoms. The number of nitro groups is 1. The van der Waals surface area contributed by atoms with Gasteiger partial charge >= 0.3 is 0 Å². The lowest BCUT2D eigenvalue weighted by atomic mass is 10.1. The molecular weight excluding hydrogens is 162 g/mol. The Morgan fingerprint density at radius 3 is 2.83 bits per heavy atom. The lowest BCUT2D eigenvalue weighted by molar-refractivity contribution is -0.555. The molecule has 7 heteroatoms. The molecule has 0 N–H and O–H groups in total. The van der Waals surface area contributed by atoms with Gasteiger partial charge in [-0.3, -0.25) is 0 Å². The number of tetrazole rings is 1. The van der Waals surface area contributed by atoms with Crippen LogP contribution in [0.15, 0.2) is 0 Å². The summed E-state index contributed by atoms with van der Waals surface area (Å²) < 4.78 is 0. The summed E-state index contributed by atoms with van der Waals surface area (Å²) in [5, 5.41) is 19.6. The fraction of sp³-hybridized carbons (Fsp3) is 0.800. The normalized spacial score (nSPS) is 10.6. The number of hydrogen-bond donors (Lipinski definition) is 0. The van der Waals surface area contributed by atoms with E-state index in [0.29, 0.717) is 17.1 Å². The zero-order chi connectivity index (χ0) is 9.14. The van der Waals surface area contributed by atoms with E-state index in [0.717, 1.165) is 0 Å². The molecule has 1 aromatic rings. The average Bonchev–Trinajstić information content (AvgIpc) is 2.33. The molecule has 1 aromatic heterocycles. The minimum Gasteiger partial charge on any atom is -0.339 e. The summed E-state index contributed by atoms with van der Waals surface area (Å²) >= 11 is 0. The Hall–Kier alpha value is -1.53. The molecule has 1 heterocycles. The second-order valence-electron chi connectivity index (χ2n) is 2.82. The molecule has 0 saturated carbocycles. The summed E-state index contributed by atoms with van der Waals surface area (Å²) in [5.41, 5.74) is 0. The molecule has 0 atom stereocenters. The molecule has 0 amide bonds. The number of aromatic nitrogens is 4. The highest BCUT2D eigenvalue weighted by atomic mass is 16.7. The Balaban J connectivity index is 2.84. The van der Waals surface area contributed by atoms with Crippen molar-refractivity contribution >= 4 is 0 Å². The Bertz CT molecular complexity index is 281. The molecule has 0 aliphatic heterocycles. The summed E-state index contributed by atoms with van der Waals surface area (Å²) in [5.74, 6) is 0.588. The van der Waals surface area contributed by atoms with Crippen molar-refractivity contribution in [1.82, 2.24) is 20.3 Å². The minimum absolute atomic E-state index is 0.287. The van der Waals surface area contributed by atoms with E-state index < -0.39 is 5.03 Å². The zero-order valence-corrected chi connectivity index (χ0v) is 6.84. The van der Waals surface area contributed by atoms with E-state index in [1.54, 1.807) is 0 Å². The topological polar surface area (TPSA) is 86.7 Å².